The lowest BCUT2D eigenvalue weighted by atomic mass is 10.0. The van der Waals surface area contributed by atoms with Crippen LogP contribution in [0.2, 0.25) is 0 Å². The van der Waals surface area contributed by atoms with Crippen molar-refractivity contribution in [2.75, 3.05) is 5.32 Å². The van der Waals surface area contributed by atoms with Gasteiger partial charge in [0.1, 0.15) is 5.75 Å². The van der Waals surface area contributed by atoms with Crippen LogP contribution in [0.1, 0.15) is 11.1 Å². The van der Waals surface area contributed by atoms with Gasteiger partial charge in [-0.25, -0.2) is 0 Å². The van der Waals surface area contributed by atoms with Crippen LogP contribution in [0.5, 0.6) is 5.75 Å². The molecule has 1 atom stereocenters. The first-order chi connectivity index (χ1) is 8.85. The fraction of sp³-hybridized carbons (Fsp3) is 0.125. The summed E-state index contributed by atoms with van der Waals surface area (Å²) in [5.74, 6) is 0.945. The first-order valence-corrected chi connectivity index (χ1v) is 6.18. The largest absolute Gasteiger partial charge is 0.464 e. The molecule has 1 spiro atoms. The summed E-state index contributed by atoms with van der Waals surface area (Å²) in [6, 6.07) is 16.5. The van der Waals surface area contributed by atoms with Gasteiger partial charge in [-0.15, -0.1) is 0 Å². The third kappa shape index (κ3) is 1.35. The molecular weight excluding hydrogens is 222 g/mol. The predicted molar refractivity (Wildman–Crippen MR) is 72.6 cm³/mol. The van der Waals surface area contributed by atoms with E-state index in [2.05, 4.69) is 41.7 Å². The van der Waals surface area contributed by atoms with E-state index in [1.807, 2.05) is 24.3 Å². The van der Waals surface area contributed by atoms with E-state index in [4.69, 9.17) is 4.74 Å². The van der Waals surface area contributed by atoms with Gasteiger partial charge in [0.05, 0.1) is 0 Å². The summed E-state index contributed by atoms with van der Waals surface area (Å²) in [7, 11) is 0. The smallest absolute Gasteiger partial charge is 0.204 e. The number of hydrogen-bond donors (Lipinski definition) is 1. The first-order valence-electron chi connectivity index (χ1n) is 6.18. The zero-order chi connectivity index (χ0) is 12.0. The maximum atomic E-state index is 6.16. The Balaban J connectivity index is 1.74. The molecule has 4 rings (SSSR count). The van der Waals surface area contributed by atoms with Crippen molar-refractivity contribution in [3.63, 3.8) is 0 Å². The zero-order valence-electron chi connectivity index (χ0n) is 9.89. The van der Waals surface area contributed by atoms with E-state index in [0.29, 0.717) is 0 Å². The number of rotatable bonds is 0. The Kier molecular flexibility index (Phi) is 1.84. The summed E-state index contributed by atoms with van der Waals surface area (Å²) in [5.41, 5.74) is 3.21. The molecule has 0 aromatic heterocycles. The summed E-state index contributed by atoms with van der Waals surface area (Å²) >= 11 is 0. The molecule has 18 heavy (non-hydrogen) atoms. The third-order valence-corrected chi connectivity index (χ3v) is 3.56. The average molecular weight is 235 g/mol. The van der Waals surface area contributed by atoms with Crippen LogP contribution >= 0.6 is 0 Å². The molecule has 0 amide bonds. The van der Waals surface area contributed by atoms with Crippen molar-refractivity contribution in [3.8, 4) is 5.75 Å². The normalized spacial score (nSPS) is 23.1. The molecule has 88 valence electrons. The molecule has 0 bridgehead atoms. The van der Waals surface area contributed by atoms with Gasteiger partial charge in [0.25, 0.3) is 0 Å². The molecule has 0 saturated heterocycles. The highest BCUT2D eigenvalue weighted by Gasteiger charge is 2.38. The summed E-state index contributed by atoms with van der Waals surface area (Å²) < 4.78 is 6.16. The molecular formula is C16H13NO. The van der Waals surface area contributed by atoms with Crippen LogP contribution in [0.25, 0.3) is 6.08 Å². The number of ether oxygens (including phenoxy) is 1. The van der Waals surface area contributed by atoms with Gasteiger partial charge < -0.3 is 10.1 Å². The molecule has 2 aliphatic heterocycles. The maximum Gasteiger partial charge on any atom is 0.204 e. The first kappa shape index (κ1) is 9.77. The lowest BCUT2D eigenvalue weighted by molar-refractivity contribution is 0.155. The van der Waals surface area contributed by atoms with E-state index in [1.165, 1.54) is 11.3 Å². The molecule has 2 aliphatic rings. The van der Waals surface area contributed by atoms with Crippen LogP contribution in [0.15, 0.2) is 54.6 Å². The molecule has 2 aromatic rings. The highest BCUT2D eigenvalue weighted by atomic mass is 16.5. The SMILES string of the molecule is C1=CC2(Cc3ccccc3N2)Oc2ccccc21. The minimum Gasteiger partial charge on any atom is -0.464 e. The van der Waals surface area contributed by atoms with E-state index in [0.717, 1.165) is 17.7 Å². The lowest BCUT2D eigenvalue weighted by Crippen LogP contribution is -2.41. The molecule has 2 heterocycles. The Hall–Kier alpha value is -2.22. The zero-order valence-corrected chi connectivity index (χ0v) is 9.89. The van der Waals surface area contributed by atoms with Crippen molar-refractivity contribution in [2.45, 2.75) is 12.1 Å². The Morgan fingerprint density at radius 2 is 1.83 bits per heavy atom. The molecule has 2 heteroatoms. The van der Waals surface area contributed by atoms with Crippen molar-refractivity contribution < 1.29 is 4.74 Å². The molecule has 1 unspecified atom stereocenters. The summed E-state index contributed by atoms with van der Waals surface area (Å²) in [5, 5.41) is 3.48. The summed E-state index contributed by atoms with van der Waals surface area (Å²) in [6.07, 6.45) is 5.13. The number of nitrogens with one attached hydrogen (secondary N) is 1. The van der Waals surface area contributed by atoms with Crippen molar-refractivity contribution in [1.82, 2.24) is 0 Å². The van der Waals surface area contributed by atoms with Gasteiger partial charge in [-0.2, -0.15) is 0 Å². The Labute approximate surface area is 106 Å². The average Bonchev–Trinajstić information content (AvgIpc) is 2.76. The summed E-state index contributed by atoms with van der Waals surface area (Å²) in [4.78, 5) is 0. The van der Waals surface area contributed by atoms with Gasteiger partial charge in [-0.05, 0) is 29.8 Å². The number of hydrogen-bond acceptors (Lipinski definition) is 2. The molecule has 0 saturated carbocycles. The second-order valence-electron chi connectivity index (χ2n) is 4.82. The fourth-order valence-corrected chi connectivity index (χ4v) is 2.68. The number of para-hydroxylation sites is 2. The minimum atomic E-state index is -0.405. The van der Waals surface area contributed by atoms with Gasteiger partial charge in [-0.1, -0.05) is 36.4 Å². The van der Waals surface area contributed by atoms with Gasteiger partial charge >= 0.3 is 0 Å². The van der Waals surface area contributed by atoms with E-state index < -0.39 is 5.72 Å². The van der Waals surface area contributed by atoms with E-state index in [-0.39, 0.29) is 0 Å². The minimum absolute atomic E-state index is 0.405. The Morgan fingerprint density at radius 1 is 1.00 bits per heavy atom. The van der Waals surface area contributed by atoms with Crippen LogP contribution in [0, 0.1) is 0 Å². The second-order valence-corrected chi connectivity index (χ2v) is 4.82. The standard InChI is InChI=1S/C16H13NO/c1-3-7-14-13(6-1)11-16(17-14)10-9-12-5-2-4-8-15(12)18-16/h1-10,17H,11H2. The van der Waals surface area contributed by atoms with Crippen LogP contribution in [-0.2, 0) is 6.42 Å². The highest BCUT2D eigenvalue weighted by molar-refractivity contribution is 5.67. The van der Waals surface area contributed by atoms with E-state index in [9.17, 15) is 0 Å². The van der Waals surface area contributed by atoms with Crippen molar-refractivity contribution >= 4 is 11.8 Å². The number of fused-ring (bicyclic) bond motifs is 2. The number of anilines is 1. The van der Waals surface area contributed by atoms with Crippen LogP contribution in [0.4, 0.5) is 5.69 Å². The molecule has 1 N–H and O–H groups in total. The Bertz CT molecular complexity index is 620. The molecule has 2 aromatic carbocycles. The molecule has 0 radical (unpaired) electrons. The van der Waals surface area contributed by atoms with Crippen LogP contribution < -0.4 is 10.1 Å². The Morgan fingerprint density at radius 3 is 2.78 bits per heavy atom. The van der Waals surface area contributed by atoms with Crippen LogP contribution in [0.3, 0.4) is 0 Å². The fourth-order valence-electron chi connectivity index (χ4n) is 2.68. The van der Waals surface area contributed by atoms with Crippen molar-refractivity contribution in [1.29, 1.82) is 0 Å². The van der Waals surface area contributed by atoms with Crippen molar-refractivity contribution in [2.24, 2.45) is 0 Å². The lowest BCUT2D eigenvalue weighted by Gasteiger charge is -2.31. The van der Waals surface area contributed by atoms with E-state index in [1.54, 1.807) is 0 Å². The topological polar surface area (TPSA) is 21.3 Å². The van der Waals surface area contributed by atoms with Gasteiger partial charge in [0.15, 0.2) is 0 Å². The summed E-state index contributed by atoms with van der Waals surface area (Å²) in [6.45, 7) is 0. The van der Waals surface area contributed by atoms with E-state index >= 15 is 0 Å². The van der Waals surface area contributed by atoms with Gasteiger partial charge in [-0.3, -0.25) is 0 Å². The van der Waals surface area contributed by atoms with Gasteiger partial charge in [0.2, 0.25) is 5.72 Å². The second kappa shape index (κ2) is 3.39. The van der Waals surface area contributed by atoms with Crippen molar-refractivity contribution in [3.05, 3.63) is 65.7 Å². The maximum absolute atomic E-state index is 6.16. The highest BCUT2D eigenvalue weighted by Crippen LogP contribution is 2.39. The molecule has 0 fully saturated rings. The third-order valence-electron chi connectivity index (χ3n) is 3.56. The van der Waals surface area contributed by atoms with Gasteiger partial charge in [0, 0.05) is 17.7 Å². The molecule has 0 aliphatic carbocycles. The number of benzene rings is 2. The van der Waals surface area contributed by atoms with Crippen LogP contribution in [-0.4, -0.2) is 5.72 Å². The monoisotopic (exact) mass is 235 g/mol. The predicted octanol–water partition coefficient (Wildman–Crippen LogP) is 3.46. The quantitative estimate of drug-likeness (QED) is 0.755. The molecule has 2 nitrogen and oxygen atoms in total.